The molecule has 8 nitrogen and oxygen atoms in total. The molecule has 2 rings (SSSR count). The number of amides is 3. The number of nitrogens with one attached hydrogen (secondary N) is 3. The molecule has 1 aromatic carbocycles. The van der Waals surface area contributed by atoms with Crippen LogP contribution in [0.1, 0.15) is 23.2 Å². The third kappa shape index (κ3) is 4.53. The maximum absolute atomic E-state index is 11.8. The van der Waals surface area contributed by atoms with Gasteiger partial charge in [-0.1, -0.05) is 6.07 Å². The van der Waals surface area contributed by atoms with E-state index >= 15 is 0 Å². The van der Waals surface area contributed by atoms with Crippen LogP contribution < -0.4 is 16.0 Å². The third-order valence-electron chi connectivity index (χ3n) is 3.26. The Kier molecular flexibility index (Phi) is 5.29. The highest BCUT2D eigenvalue weighted by molar-refractivity contribution is 5.97. The maximum Gasteiger partial charge on any atom is 0.329 e. The van der Waals surface area contributed by atoms with Gasteiger partial charge in [0.2, 0.25) is 5.91 Å². The molecule has 122 valence electrons. The summed E-state index contributed by atoms with van der Waals surface area (Å²) >= 11 is 0. The van der Waals surface area contributed by atoms with E-state index in [-0.39, 0.29) is 18.2 Å². The average molecular weight is 319 g/mol. The topological polar surface area (TPSA) is 114 Å². The minimum atomic E-state index is -0.688. The van der Waals surface area contributed by atoms with E-state index in [2.05, 4.69) is 16.0 Å². The summed E-state index contributed by atoms with van der Waals surface area (Å²) in [6.07, 6.45) is 0.645. The van der Waals surface area contributed by atoms with E-state index in [1.54, 1.807) is 18.2 Å². The van der Waals surface area contributed by atoms with Crippen molar-refractivity contribution in [3.63, 3.8) is 0 Å². The Morgan fingerprint density at radius 3 is 2.78 bits per heavy atom. The molecule has 1 aliphatic heterocycles. The van der Waals surface area contributed by atoms with E-state index in [9.17, 15) is 19.2 Å². The molecule has 3 amide bonds. The van der Waals surface area contributed by atoms with E-state index < -0.39 is 24.5 Å². The van der Waals surface area contributed by atoms with Crippen LogP contribution in [0.2, 0.25) is 0 Å². The van der Waals surface area contributed by atoms with Crippen LogP contribution in [-0.2, 0) is 19.1 Å². The van der Waals surface area contributed by atoms with Crippen LogP contribution in [0.15, 0.2) is 24.3 Å². The molecule has 0 aromatic heterocycles. The van der Waals surface area contributed by atoms with Crippen molar-refractivity contribution in [2.24, 2.45) is 0 Å². The number of hydrogen-bond donors (Lipinski definition) is 3. The van der Waals surface area contributed by atoms with Crippen LogP contribution in [0.5, 0.6) is 0 Å². The van der Waals surface area contributed by atoms with Crippen molar-refractivity contribution in [1.29, 1.82) is 0 Å². The fourth-order valence-corrected chi connectivity index (χ4v) is 2.11. The standard InChI is InChI=1S/C15H17N3O5/c1-16-14(21)9-3-2-4-10(7-9)17-13(20)8-23-15(22)11-5-6-12(19)18-11/h2-4,7,11H,5-6,8H2,1H3,(H,16,21)(H,17,20)(H,18,19)/t11-/m0/s1. The first-order valence-electron chi connectivity index (χ1n) is 7.07. The summed E-state index contributed by atoms with van der Waals surface area (Å²) in [6.45, 7) is -0.463. The lowest BCUT2D eigenvalue weighted by Crippen LogP contribution is -2.36. The van der Waals surface area contributed by atoms with Gasteiger partial charge in [0.1, 0.15) is 6.04 Å². The molecule has 8 heteroatoms. The summed E-state index contributed by atoms with van der Waals surface area (Å²) in [5.41, 5.74) is 0.817. The Morgan fingerprint density at radius 2 is 2.13 bits per heavy atom. The van der Waals surface area contributed by atoms with Crippen LogP contribution in [0.4, 0.5) is 5.69 Å². The zero-order valence-corrected chi connectivity index (χ0v) is 12.5. The quantitative estimate of drug-likeness (QED) is 0.651. The summed E-state index contributed by atoms with van der Waals surface area (Å²) in [5.74, 6) is -1.64. The number of carbonyl (C=O) groups excluding carboxylic acids is 4. The van der Waals surface area contributed by atoms with Crippen LogP contribution >= 0.6 is 0 Å². The number of hydrogen-bond acceptors (Lipinski definition) is 5. The molecule has 0 bridgehead atoms. The zero-order valence-electron chi connectivity index (χ0n) is 12.5. The van der Waals surface area contributed by atoms with Gasteiger partial charge in [0.25, 0.3) is 11.8 Å². The number of benzene rings is 1. The van der Waals surface area contributed by atoms with Crippen LogP contribution in [0, 0.1) is 0 Å². The van der Waals surface area contributed by atoms with E-state index in [4.69, 9.17) is 4.74 Å². The monoisotopic (exact) mass is 319 g/mol. The lowest BCUT2D eigenvalue weighted by atomic mass is 10.2. The Bertz CT molecular complexity index is 644. The molecule has 0 spiro atoms. The summed E-state index contributed by atoms with van der Waals surface area (Å²) in [5, 5.41) is 7.48. The minimum absolute atomic E-state index is 0.206. The normalized spacial score (nSPS) is 16.4. The van der Waals surface area contributed by atoms with Gasteiger partial charge in [-0.25, -0.2) is 4.79 Å². The molecule has 1 atom stereocenters. The molecular weight excluding hydrogens is 302 g/mol. The Morgan fingerprint density at radius 1 is 1.35 bits per heavy atom. The van der Waals surface area contributed by atoms with E-state index in [1.807, 2.05) is 0 Å². The summed E-state index contributed by atoms with van der Waals surface area (Å²) < 4.78 is 4.86. The maximum atomic E-state index is 11.8. The highest BCUT2D eigenvalue weighted by Crippen LogP contribution is 2.11. The van der Waals surface area contributed by atoms with E-state index in [0.29, 0.717) is 17.7 Å². The SMILES string of the molecule is CNC(=O)c1cccc(NC(=O)COC(=O)[C@@H]2CCC(=O)N2)c1. The third-order valence-corrected chi connectivity index (χ3v) is 3.26. The summed E-state index contributed by atoms with van der Waals surface area (Å²) in [7, 11) is 1.51. The van der Waals surface area contributed by atoms with Crippen molar-refractivity contribution in [1.82, 2.24) is 10.6 Å². The van der Waals surface area contributed by atoms with Crippen molar-refractivity contribution in [3.05, 3.63) is 29.8 Å². The fourth-order valence-electron chi connectivity index (χ4n) is 2.11. The van der Waals surface area contributed by atoms with Gasteiger partial charge in [0.05, 0.1) is 0 Å². The highest BCUT2D eigenvalue weighted by Gasteiger charge is 2.28. The van der Waals surface area contributed by atoms with Crippen molar-refractivity contribution < 1.29 is 23.9 Å². The molecule has 0 unspecified atom stereocenters. The molecule has 1 heterocycles. The molecular formula is C15H17N3O5. The summed E-state index contributed by atoms with van der Waals surface area (Å²) in [6, 6.07) is 5.67. The summed E-state index contributed by atoms with van der Waals surface area (Å²) in [4.78, 5) is 46.0. The molecule has 1 aromatic rings. The van der Waals surface area contributed by atoms with E-state index in [1.165, 1.54) is 13.1 Å². The molecule has 1 aliphatic rings. The number of esters is 1. The number of ether oxygens (including phenoxy) is 1. The number of anilines is 1. The second kappa shape index (κ2) is 7.39. The van der Waals surface area contributed by atoms with Crippen molar-refractivity contribution in [3.8, 4) is 0 Å². The van der Waals surface area contributed by atoms with Crippen LogP contribution in [-0.4, -0.2) is 43.4 Å². The lowest BCUT2D eigenvalue weighted by Gasteiger charge is -2.10. The molecule has 1 saturated heterocycles. The zero-order chi connectivity index (χ0) is 16.8. The van der Waals surface area contributed by atoms with Crippen LogP contribution in [0.3, 0.4) is 0 Å². The van der Waals surface area contributed by atoms with Gasteiger partial charge >= 0.3 is 5.97 Å². The first kappa shape index (κ1) is 16.5. The lowest BCUT2D eigenvalue weighted by molar-refractivity contribution is -0.149. The average Bonchev–Trinajstić information content (AvgIpc) is 2.98. The molecule has 0 radical (unpaired) electrons. The van der Waals surface area contributed by atoms with Gasteiger partial charge in [-0.05, 0) is 24.6 Å². The first-order chi connectivity index (χ1) is 11.0. The Labute approximate surface area is 132 Å². The van der Waals surface area contributed by atoms with Crippen LogP contribution in [0.25, 0.3) is 0 Å². The van der Waals surface area contributed by atoms with Crippen molar-refractivity contribution >= 4 is 29.4 Å². The van der Waals surface area contributed by atoms with E-state index in [0.717, 1.165) is 0 Å². The molecule has 0 saturated carbocycles. The molecule has 0 aliphatic carbocycles. The first-order valence-corrected chi connectivity index (χ1v) is 7.07. The van der Waals surface area contributed by atoms with Gasteiger partial charge in [-0.15, -0.1) is 0 Å². The number of rotatable bonds is 5. The fraction of sp³-hybridized carbons (Fsp3) is 0.333. The largest absolute Gasteiger partial charge is 0.454 e. The minimum Gasteiger partial charge on any atom is -0.454 e. The number of carbonyl (C=O) groups is 4. The van der Waals surface area contributed by atoms with Gasteiger partial charge in [0, 0.05) is 24.7 Å². The highest BCUT2D eigenvalue weighted by atomic mass is 16.5. The smallest absolute Gasteiger partial charge is 0.329 e. The van der Waals surface area contributed by atoms with Crippen molar-refractivity contribution in [2.75, 3.05) is 19.0 Å². The van der Waals surface area contributed by atoms with Gasteiger partial charge in [0.15, 0.2) is 6.61 Å². The predicted molar refractivity (Wildman–Crippen MR) is 80.6 cm³/mol. The second-order valence-electron chi connectivity index (χ2n) is 4.97. The van der Waals surface area contributed by atoms with Gasteiger partial charge in [-0.3, -0.25) is 14.4 Å². The Balaban J connectivity index is 1.84. The van der Waals surface area contributed by atoms with Gasteiger partial charge in [-0.2, -0.15) is 0 Å². The van der Waals surface area contributed by atoms with Crippen molar-refractivity contribution in [2.45, 2.75) is 18.9 Å². The predicted octanol–water partition coefficient (Wildman–Crippen LogP) is -0.193. The molecule has 1 fully saturated rings. The molecule has 23 heavy (non-hydrogen) atoms. The Hall–Kier alpha value is -2.90. The van der Waals surface area contributed by atoms with Gasteiger partial charge < -0.3 is 20.7 Å². The molecule has 3 N–H and O–H groups in total. The second-order valence-corrected chi connectivity index (χ2v) is 4.97.